The van der Waals surface area contributed by atoms with Gasteiger partial charge in [0, 0.05) is 18.8 Å². The first-order chi connectivity index (χ1) is 6.16. The van der Waals surface area contributed by atoms with E-state index in [1.54, 1.807) is 11.8 Å². The van der Waals surface area contributed by atoms with Crippen molar-refractivity contribution < 1.29 is 9.90 Å². The van der Waals surface area contributed by atoms with E-state index in [4.69, 9.17) is 11.6 Å². The Balaban J connectivity index is 2.52. The Morgan fingerprint density at radius 2 is 2.46 bits per heavy atom. The summed E-state index contributed by atoms with van der Waals surface area (Å²) in [6.07, 6.45) is 1.85. The monoisotopic (exact) mass is 205 g/mol. The molecule has 0 spiro atoms. The van der Waals surface area contributed by atoms with Gasteiger partial charge in [-0.2, -0.15) is 0 Å². The second kappa shape index (κ2) is 4.82. The van der Waals surface area contributed by atoms with Crippen LogP contribution in [0.3, 0.4) is 0 Å². The van der Waals surface area contributed by atoms with Crippen molar-refractivity contribution in [3.8, 4) is 0 Å². The van der Waals surface area contributed by atoms with Gasteiger partial charge >= 0.3 is 0 Å². The summed E-state index contributed by atoms with van der Waals surface area (Å²) in [4.78, 5) is 13.2. The number of carbonyl (C=O) groups is 1. The minimum atomic E-state index is -0.429. The van der Waals surface area contributed by atoms with Crippen LogP contribution < -0.4 is 0 Å². The summed E-state index contributed by atoms with van der Waals surface area (Å²) < 4.78 is 0. The van der Waals surface area contributed by atoms with Gasteiger partial charge in [0.05, 0.1) is 12.1 Å². The van der Waals surface area contributed by atoms with Gasteiger partial charge in [0.15, 0.2) is 0 Å². The lowest BCUT2D eigenvalue weighted by atomic mass is 10.1. The highest BCUT2D eigenvalue weighted by atomic mass is 35.5. The standard InChI is InChI=1S/C9H16ClNO2/c1-7(12)8-3-2-6-11(8)9(13)4-5-10/h7-8,12H,2-6H2,1H3/t7-,8-/m1/s1. The molecule has 0 aromatic heterocycles. The molecule has 1 aliphatic rings. The van der Waals surface area contributed by atoms with Crippen molar-refractivity contribution in [3.63, 3.8) is 0 Å². The third kappa shape index (κ3) is 2.58. The third-order valence-corrected chi connectivity index (χ3v) is 2.67. The van der Waals surface area contributed by atoms with E-state index in [2.05, 4.69) is 0 Å². The van der Waals surface area contributed by atoms with E-state index in [0.717, 1.165) is 19.4 Å². The average Bonchev–Trinajstić information content (AvgIpc) is 2.52. The summed E-state index contributed by atoms with van der Waals surface area (Å²) >= 11 is 5.49. The van der Waals surface area contributed by atoms with Gasteiger partial charge in [-0.05, 0) is 19.8 Å². The predicted molar refractivity (Wildman–Crippen MR) is 51.8 cm³/mol. The van der Waals surface area contributed by atoms with Crippen molar-refractivity contribution in [2.75, 3.05) is 12.4 Å². The number of rotatable bonds is 3. The maximum Gasteiger partial charge on any atom is 0.224 e. The first kappa shape index (κ1) is 10.8. The smallest absolute Gasteiger partial charge is 0.224 e. The lowest BCUT2D eigenvalue weighted by Gasteiger charge is -2.26. The van der Waals surface area contributed by atoms with Crippen molar-refractivity contribution >= 4 is 17.5 Å². The number of halogens is 1. The van der Waals surface area contributed by atoms with Crippen LogP contribution in [0, 0.1) is 0 Å². The van der Waals surface area contributed by atoms with Gasteiger partial charge in [-0.3, -0.25) is 4.79 Å². The molecule has 3 nitrogen and oxygen atoms in total. The van der Waals surface area contributed by atoms with Crippen LogP contribution in [-0.2, 0) is 4.79 Å². The fourth-order valence-electron chi connectivity index (χ4n) is 1.83. The molecule has 1 rings (SSSR count). The molecule has 1 N–H and O–H groups in total. The fourth-order valence-corrected chi connectivity index (χ4v) is 1.99. The minimum absolute atomic E-state index is 0.00992. The molecule has 13 heavy (non-hydrogen) atoms. The second-order valence-electron chi connectivity index (χ2n) is 3.48. The number of aliphatic hydroxyl groups is 1. The van der Waals surface area contributed by atoms with E-state index in [1.165, 1.54) is 0 Å². The molecule has 1 heterocycles. The summed E-state index contributed by atoms with van der Waals surface area (Å²) in [7, 11) is 0. The van der Waals surface area contributed by atoms with Crippen LogP contribution in [0.4, 0.5) is 0 Å². The molecule has 1 fully saturated rings. The maximum absolute atomic E-state index is 11.5. The first-order valence-corrected chi connectivity index (χ1v) is 5.23. The molecule has 2 atom stereocenters. The van der Waals surface area contributed by atoms with E-state index >= 15 is 0 Å². The molecule has 0 radical (unpaired) electrons. The van der Waals surface area contributed by atoms with Gasteiger partial charge in [0.1, 0.15) is 0 Å². The normalized spacial score (nSPS) is 24.8. The van der Waals surface area contributed by atoms with Crippen LogP contribution in [0.2, 0.25) is 0 Å². The van der Waals surface area contributed by atoms with Crippen molar-refractivity contribution in [3.05, 3.63) is 0 Å². The van der Waals surface area contributed by atoms with Crippen LogP contribution in [-0.4, -0.2) is 40.5 Å². The van der Waals surface area contributed by atoms with E-state index in [1.807, 2.05) is 0 Å². The van der Waals surface area contributed by atoms with E-state index < -0.39 is 6.10 Å². The van der Waals surface area contributed by atoms with E-state index in [9.17, 15) is 9.90 Å². The first-order valence-electron chi connectivity index (χ1n) is 4.70. The SMILES string of the molecule is C[C@@H](O)[C@H]1CCCN1C(=O)CCCl. The highest BCUT2D eigenvalue weighted by Gasteiger charge is 2.31. The number of nitrogens with zero attached hydrogens (tertiary/aromatic N) is 1. The number of carbonyl (C=O) groups excluding carboxylic acids is 1. The molecule has 1 saturated heterocycles. The molecular formula is C9H16ClNO2. The van der Waals surface area contributed by atoms with Crippen LogP contribution in [0.1, 0.15) is 26.2 Å². The van der Waals surface area contributed by atoms with Gasteiger partial charge in [0.25, 0.3) is 0 Å². The topological polar surface area (TPSA) is 40.5 Å². The molecule has 1 aliphatic heterocycles. The van der Waals surface area contributed by atoms with E-state index in [-0.39, 0.29) is 11.9 Å². The summed E-state index contributed by atoms with van der Waals surface area (Å²) in [5.41, 5.74) is 0. The molecule has 76 valence electrons. The number of hydrogen-bond donors (Lipinski definition) is 1. The Kier molecular flexibility index (Phi) is 4.00. The quantitative estimate of drug-likeness (QED) is 0.699. The van der Waals surface area contributed by atoms with Crippen molar-refractivity contribution in [1.82, 2.24) is 4.90 Å². The van der Waals surface area contributed by atoms with Gasteiger partial charge in [-0.15, -0.1) is 11.6 Å². The summed E-state index contributed by atoms with van der Waals surface area (Å²) in [5.74, 6) is 0.431. The van der Waals surface area contributed by atoms with Gasteiger partial charge in [0.2, 0.25) is 5.91 Å². The zero-order valence-electron chi connectivity index (χ0n) is 7.87. The Hall–Kier alpha value is -0.280. The van der Waals surface area contributed by atoms with Crippen LogP contribution in [0.5, 0.6) is 0 Å². The summed E-state index contributed by atoms with van der Waals surface area (Å²) in [6.45, 7) is 2.50. The summed E-state index contributed by atoms with van der Waals surface area (Å²) in [6, 6.07) is 0.00992. The maximum atomic E-state index is 11.5. The van der Waals surface area contributed by atoms with Crippen LogP contribution in [0.25, 0.3) is 0 Å². The number of aliphatic hydroxyl groups excluding tert-OH is 1. The number of alkyl halides is 1. The zero-order chi connectivity index (χ0) is 9.84. The van der Waals surface area contributed by atoms with Gasteiger partial charge < -0.3 is 10.0 Å². The molecule has 0 aliphatic carbocycles. The predicted octanol–water partition coefficient (Wildman–Crippen LogP) is 0.987. The molecule has 0 bridgehead atoms. The molecule has 0 aromatic carbocycles. The Labute approximate surface area is 83.7 Å². The van der Waals surface area contributed by atoms with Crippen LogP contribution in [0.15, 0.2) is 0 Å². The molecule has 4 heteroatoms. The minimum Gasteiger partial charge on any atom is -0.391 e. The molecule has 0 unspecified atom stereocenters. The Bertz CT molecular complexity index is 184. The van der Waals surface area contributed by atoms with Gasteiger partial charge in [-0.25, -0.2) is 0 Å². The Morgan fingerprint density at radius 1 is 1.77 bits per heavy atom. The van der Waals surface area contributed by atoms with Crippen molar-refractivity contribution in [1.29, 1.82) is 0 Å². The number of likely N-dealkylation sites (tertiary alicyclic amines) is 1. The molecule has 0 saturated carbocycles. The third-order valence-electron chi connectivity index (χ3n) is 2.48. The Morgan fingerprint density at radius 3 is 3.00 bits per heavy atom. The lowest BCUT2D eigenvalue weighted by molar-refractivity contribution is -0.133. The lowest BCUT2D eigenvalue weighted by Crippen LogP contribution is -2.41. The highest BCUT2D eigenvalue weighted by molar-refractivity contribution is 6.18. The van der Waals surface area contributed by atoms with Crippen LogP contribution >= 0.6 is 11.6 Å². The number of hydrogen-bond acceptors (Lipinski definition) is 2. The fraction of sp³-hybridized carbons (Fsp3) is 0.889. The zero-order valence-corrected chi connectivity index (χ0v) is 8.63. The average molecular weight is 206 g/mol. The molecule has 0 aromatic rings. The highest BCUT2D eigenvalue weighted by Crippen LogP contribution is 2.20. The summed E-state index contributed by atoms with van der Waals surface area (Å²) in [5, 5.41) is 9.41. The second-order valence-corrected chi connectivity index (χ2v) is 3.85. The van der Waals surface area contributed by atoms with Gasteiger partial charge in [-0.1, -0.05) is 0 Å². The largest absolute Gasteiger partial charge is 0.391 e. The van der Waals surface area contributed by atoms with Crippen molar-refractivity contribution in [2.45, 2.75) is 38.3 Å². The van der Waals surface area contributed by atoms with Crippen molar-refractivity contribution in [2.24, 2.45) is 0 Å². The molecule has 1 amide bonds. The molecular weight excluding hydrogens is 190 g/mol. The van der Waals surface area contributed by atoms with E-state index in [0.29, 0.717) is 12.3 Å². The number of amides is 1.